The van der Waals surface area contributed by atoms with Crippen molar-refractivity contribution in [3.63, 3.8) is 0 Å². The standard InChI is InChI=1S/C11H19F3N4O2.ClH/c1-8-6-15-3-5-18(8)4-2-9(19)17-10(20)16-7-11(12,13)14;/h8,15H,2-7H2,1H3,(H2,16,17,19,20);1H/t8-;/m0./s1. The molecular formula is C11H20ClF3N4O2. The van der Waals surface area contributed by atoms with Crippen LogP contribution in [-0.2, 0) is 4.79 Å². The van der Waals surface area contributed by atoms with Crippen LogP contribution in [0.4, 0.5) is 18.0 Å². The quantitative estimate of drug-likeness (QED) is 0.700. The number of carbonyl (C=O) groups is 2. The minimum absolute atomic E-state index is 0. The monoisotopic (exact) mass is 332 g/mol. The Labute approximate surface area is 127 Å². The van der Waals surface area contributed by atoms with E-state index in [-0.39, 0.29) is 24.9 Å². The summed E-state index contributed by atoms with van der Waals surface area (Å²) in [5, 5.41) is 6.66. The first-order valence-electron chi connectivity index (χ1n) is 6.37. The molecule has 3 amide bonds. The molecule has 21 heavy (non-hydrogen) atoms. The third-order valence-electron chi connectivity index (χ3n) is 2.97. The molecule has 0 unspecified atom stereocenters. The minimum Gasteiger partial charge on any atom is -0.329 e. The highest BCUT2D eigenvalue weighted by atomic mass is 35.5. The normalized spacial score (nSPS) is 19.5. The zero-order valence-corrected chi connectivity index (χ0v) is 12.4. The maximum atomic E-state index is 11.8. The van der Waals surface area contributed by atoms with Crippen molar-refractivity contribution in [2.24, 2.45) is 0 Å². The third kappa shape index (κ3) is 8.74. The molecule has 3 N–H and O–H groups in total. The summed E-state index contributed by atoms with van der Waals surface area (Å²) in [6.45, 7) is 3.49. The van der Waals surface area contributed by atoms with Crippen LogP contribution in [0.2, 0.25) is 0 Å². The minimum atomic E-state index is -4.49. The molecule has 1 rings (SSSR count). The van der Waals surface area contributed by atoms with E-state index >= 15 is 0 Å². The topological polar surface area (TPSA) is 73.5 Å². The van der Waals surface area contributed by atoms with E-state index in [2.05, 4.69) is 10.2 Å². The molecule has 0 bridgehead atoms. The Morgan fingerprint density at radius 1 is 1.38 bits per heavy atom. The van der Waals surface area contributed by atoms with E-state index in [4.69, 9.17) is 0 Å². The summed E-state index contributed by atoms with van der Waals surface area (Å²) in [6.07, 6.45) is -4.42. The predicted molar refractivity (Wildman–Crippen MR) is 73.4 cm³/mol. The van der Waals surface area contributed by atoms with Crippen LogP contribution in [0, 0.1) is 0 Å². The summed E-state index contributed by atoms with van der Waals surface area (Å²) in [7, 11) is 0. The van der Waals surface area contributed by atoms with Gasteiger partial charge in [0, 0.05) is 38.6 Å². The number of hydrogen-bond acceptors (Lipinski definition) is 4. The van der Waals surface area contributed by atoms with Gasteiger partial charge in [0.1, 0.15) is 6.54 Å². The van der Waals surface area contributed by atoms with E-state index in [1.54, 1.807) is 5.32 Å². The average Bonchev–Trinajstić information content (AvgIpc) is 2.35. The maximum Gasteiger partial charge on any atom is 0.405 e. The van der Waals surface area contributed by atoms with Crippen molar-refractivity contribution < 1.29 is 22.8 Å². The van der Waals surface area contributed by atoms with Gasteiger partial charge >= 0.3 is 12.2 Å². The van der Waals surface area contributed by atoms with Crippen LogP contribution < -0.4 is 16.0 Å². The SMILES string of the molecule is C[C@H]1CNCCN1CCC(=O)NC(=O)NCC(F)(F)F.Cl. The largest absolute Gasteiger partial charge is 0.405 e. The van der Waals surface area contributed by atoms with E-state index in [9.17, 15) is 22.8 Å². The molecule has 1 atom stereocenters. The first kappa shape index (κ1) is 19.9. The number of carbonyl (C=O) groups excluding carboxylic acids is 2. The molecular weight excluding hydrogens is 313 g/mol. The molecule has 1 saturated heterocycles. The van der Waals surface area contributed by atoms with E-state index in [1.165, 1.54) is 0 Å². The Morgan fingerprint density at radius 3 is 2.62 bits per heavy atom. The van der Waals surface area contributed by atoms with Crippen molar-refractivity contribution in [3.8, 4) is 0 Å². The molecule has 1 fully saturated rings. The Kier molecular flexibility index (Phi) is 8.60. The fourth-order valence-electron chi connectivity index (χ4n) is 1.87. The van der Waals surface area contributed by atoms with E-state index in [0.717, 1.165) is 19.6 Å². The summed E-state index contributed by atoms with van der Waals surface area (Å²) in [5.74, 6) is -0.588. The van der Waals surface area contributed by atoms with Gasteiger partial charge in [-0.3, -0.25) is 15.0 Å². The summed E-state index contributed by atoms with van der Waals surface area (Å²) in [4.78, 5) is 24.6. The number of urea groups is 1. The number of halogens is 4. The Bertz CT molecular complexity index is 355. The average molecular weight is 333 g/mol. The second-order valence-electron chi connectivity index (χ2n) is 4.69. The molecule has 0 aromatic rings. The van der Waals surface area contributed by atoms with E-state index < -0.39 is 24.7 Å². The van der Waals surface area contributed by atoms with Gasteiger partial charge in [0.15, 0.2) is 0 Å². The second kappa shape index (κ2) is 9.06. The zero-order valence-electron chi connectivity index (χ0n) is 11.6. The number of nitrogens with one attached hydrogen (secondary N) is 3. The second-order valence-corrected chi connectivity index (χ2v) is 4.69. The van der Waals surface area contributed by atoms with Crippen LogP contribution in [0.3, 0.4) is 0 Å². The molecule has 0 spiro atoms. The first-order chi connectivity index (χ1) is 9.28. The van der Waals surface area contributed by atoms with Gasteiger partial charge in [-0.2, -0.15) is 13.2 Å². The lowest BCUT2D eigenvalue weighted by Crippen LogP contribution is -2.51. The molecule has 0 saturated carbocycles. The van der Waals surface area contributed by atoms with Gasteiger partial charge in [-0.05, 0) is 6.92 Å². The van der Waals surface area contributed by atoms with Crippen LogP contribution in [0.15, 0.2) is 0 Å². The van der Waals surface area contributed by atoms with Gasteiger partial charge in [-0.25, -0.2) is 4.79 Å². The van der Waals surface area contributed by atoms with Gasteiger partial charge in [0.2, 0.25) is 5.91 Å². The number of rotatable bonds is 4. The maximum absolute atomic E-state index is 11.8. The van der Waals surface area contributed by atoms with Crippen molar-refractivity contribution in [1.82, 2.24) is 20.9 Å². The molecule has 1 aliphatic heterocycles. The van der Waals surface area contributed by atoms with Crippen LogP contribution in [-0.4, -0.2) is 61.8 Å². The fraction of sp³-hybridized carbons (Fsp3) is 0.818. The van der Waals surface area contributed by atoms with Gasteiger partial charge in [0.05, 0.1) is 0 Å². The van der Waals surface area contributed by atoms with Crippen LogP contribution in [0.1, 0.15) is 13.3 Å². The summed E-state index contributed by atoms with van der Waals surface area (Å²) < 4.78 is 35.5. The third-order valence-corrected chi connectivity index (χ3v) is 2.97. The summed E-state index contributed by atoms with van der Waals surface area (Å²) in [6, 6.07) is -0.837. The van der Waals surface area contributed by atoms with Gasteiger partial charge < -0.3 is 10.6 Å². The number of alkyl halides is 3. The molecule has 10 heteroatoms. The Balaban J connectivity index is 0.00000400. The van der Waals surface area contributed by atoms with Crippen LogP contribution in [0.25, 0.3) is 0 Å². The van der Waals surface area contributed by atoms with E-state index in [1.807, 2.05) is 12.2 Å². The highest BCUT2D eigenvalue weighted by molar-refractivity contribution is 5.94. The van der Waals surface area contributed by atoms with Crippen molar-refractivity contribution >= 4 is 24.3 Å². The lowest BCUT2D eigenvalue weighted by molar-refractivity contribution is -0.124. The Hall–Kier alpha value is -1.06. The molecule has 0 aromatic heterocycles. The summed E-state index contributed by atoms with van der Waals surface area (Å²) >= 11 is 0. The lowest BCUT2D eigenvalue weighted by atomic mass is 10.2. The molecule has 0 aromatic carbocycles. The van der Waals surface area contributed by atoms with Gasteiger partial charge in [-0.1, -0.05) is 0 Å². The van der Waals surface area contributed by atoms with Gasteiger partial charge in [-0.15, -0.1) is 12.4 Å². The number of piperazine rings is 1. The predicted octanol–water partition coefficient (Wildman–Crippen LogP) is 0.480. The summed E-state index contributed by atoms with van der Waals surface area (Å²) in [5.41, 5.74) is 0. The number of imide groups is 1. The molecule has 124 valence electrons. The van der Waals surface area contributed by atoms with Crippen molar-refractivity contribution in [2.45, 2.75) is 25.6 Å². The molecule has 1 aliphatic rings. The highest BCUT2D eigenvalue weighted by Crippen LogP contribution is 2.11. The molecule has 0 aliphatic carbocycles. The lowest BCUT2D eigenvalue weighted by Gasteiger charge is -2.33. The van der Waals surface area contributed by atoms with Gasteiger partial charge in [0.25, 0.3) is 0 Å². The van der Waals surface area contributed by atoms with Crippen molar-refractivity contribution in [1.29, 1.82) is 0 Å². The smallest absolute Gasteiger partial charge is 0.329 e. The molecule has 0 radical (unpaired) electrons. The first-order valence-corrected chi connectivity index (χ1v) is 6.37. The van der Waals surface area contributed by atoms with Crippen molar-refractivity contribution in [2.75, 3.05) is 32.7 Å². The number of hydrogen-bond donors (Lipinski definition) is 3. The van der Waals surface area contributed by atoms with E-state index in [0.29, 0.717) is 6.54 Å². The highest BCUT2D eigenvalue weighted by Gasteiger charge is 2.28. The fourth-order valence-corrected chi connectivity index (χ4v) is 1.87. The van der Waals surface area contributed by atoms with Crippen LogP contribution in [0.5, 0.6) is 0 Å². The van der Waals surface area contributed by atoms with Crippen LogP contribution >= 0.6 is 12.4 Å². The Morgan fingerprint density at radius 2 is 2.05 bits per heavy atom. The zero-order chi connectivity index (χ0) is 15.2. The van der Waals surface area contributed by atoms with Crippen molar-refractivity contribution in [3.05, 3.63) is 0 Å². The molecule has 6 nitrogen and oxygen atoms in total. The number of nitrogens with zero attached hydrogens (tertiary/aromatic N) is 1. The number of amides is 3. The molecule has 1 heterocycles.